The van der Waals surface area contributed by atoms with Gasteiger partial charge < -0.3 is 4.98 Å². The standard InChI is InChI=1S/C16H19N2/c1-10-6-13-12-4-3-5-14-16(12)11(8-17-14)7-15(13)18(2)9-10/h3-5,8-10,13,15,17H,6-7H2,1-2H3/q+1/t10?,13-,15-/m1/s1. The predicted octanol–water partition coefficient (Wildman–Crippen LogP) is 2.93. The molecule has 0 saturated heterocycles. The number of H-pyrrole nitrogens is 1. The number of aromatic amines is 1. The zero-order valence-electron chi connectivity index (χ0n) is 11.0. The van der Waals surface area contributed by atoms with Crippen molar-refractivity contribution in [1.82, 2.24) is 4.98 Å². The molecule has 0 fully saturated rings. The number of likely N-dealkylation sites (N-methyl/N-ethyl adjacent to an activating group) is 1. The van der Waals surface area contributed by atoms with Crippen LogP contribution >= 0.6 is 0 Å². The van der Waals surface area contributed by atoms with Gasteiger partial charge in [-0.15, -0.1) is 0 Å². The van der Waals surface area contributed by atoms with Gasteiger partial charge in [0.25, 0.3) is 0 Å². The van der Waals surface area contributed by atoms with E-state index in [1.165, 1.54) is 29.3 Å². The second kappa shape index (κ2) is 3.47. The van der Waals surface area contributed by atoms with Crippen LogP contribution in [0.4, 0.5) is 0 Å². The molecule has 0 spiro atoms. The van der Waals surface area contributed by atoms with E-state index in [0.717, 1.165) is 0 Å². The van der Waals surface area contributed by atoms with E-state index >= 15 is 0 Å². The third-order valence-electron chi connectivity index (χ3n) is 4.75. The number of nitrogens with zero attached hydrogens (tertiary/aromatic N) is 1. The van der Waals surface area contributed by atoms with Crippen molar-refractivity contribution in [3.05, 3.63) is 35.5 Å². The summed E-state index contributed by atoms with van der Waals surface area (Å²) in [5.41, 5.74) is 4.37. The lowest BCUT2D eigenvalue weighted by atomic mass is 9.74. The van der Waals surface area contributed by atoms with Crippen molar-refractivity contribution in [2.75, 3.05) is 7.05 Å². The van der Waals surface area contributed by atoms with E-state index < -0.39 is 0 Å². The van der Waals surface area contributed by atoms with Gasteiger partial charge in [0.2, 0.25) is 0 Å². The molecule has 18 heavy (non-hydrogen) atoms. The molecule has 4 rings (SSSR count). The molecular weight excluding hydrogens is 220 g/mol. The van der Waals surface area contributed by atoms with Gasteiger partial charge in [0.05, 0.1) is 0 Å². The van der Waals surface area contributed by atoms with Gasteiger partial charge >= 0.3 is 0 Å². The Balaban J connectivity index is 1.96. The monoisotopic (exact) mass is 239 g/mol. The molecule has 2 nitrogen and oxygen atoms in total. The first-order valence-electron chi connectivity index (χ1n) is 6.90. The van der Waals surface area contributed by atoms with E-state index in [1.807, 2.05) is 0 Å². The SMILES string of the molecule is CC1C=[N+](C)[C@@H]2Cc3c[nH]c4cccc(c34)[C@H]2C1. The minimum atomic E-state index is 0.648. The van der Waals surface area contributed by atoms with E-state index in [9.17, 15) is 0 Å². The molecular formula is C16H19N2+. The Bertz CT molecular complexity index is 650. The zero-order valence-corrected chi connectivity index (χ0v) is 11.0. The number of hydrogen-bond acceptors (Lipinski definition) is 0. The first-order valence-corrected chi connectivity index (χ1v) is 6.90. The van der Waals surface area contributed by atoms with Crippen molar-refractivity contribution in [1.29, 1.82) is 0 Å². The van der Waals surface area contributed by atoms with Gasteiger partial charge in [-0.3, -0.25) is 0 Å². The fourth-order valence-electron chi connectivity index (χ4n) is 4.02. The molecule has 3 atom stereocenters. The smallest absolute Gasteiger partial charge is 0.163 e. The van der Waals surface area contributed by atoms with E-state index in [4.69, 9.17) is 0 Å². The Morgan fingerprint density at radius 3 is 3.11 bits per heavy atom. The average Bonchev–Trinajstić information content (AvgIpc) is 2.76. The van der Waals surface area contributed by atoms with Crippen LogP contribution in [0.1, 0.15) is 30.4 Å². The van der Waals surface area contributed by atoms with Crippen molar-refractivity contribution >= 4 is 17.1 Å². The first-order chi connectivity index (χ1) is 8.74. The summed E-state index contributed by atoms with van der Waals surface area (Å²) in [6.07, 6.45) is 7.08. The van der Waals surface area contributed by atoms with E-state index in [2.05, 4.69) is 54.1 Å². The third kappa shape index (κ3) is 1.26. The van der Waals surface area contributed by atoms with Gasteiger partial charge in [0, 0.05) is 35.4 Å². The minimum Gasteiger partial charge on any atom is -0.361 e. The molecule has 2 heteroatoms. The molecule has 1 aromatic carbocycles. The van der Waals surface area contributed by atoms with Crippen LogP contribution in [0.5, 0.6) is 0 Å². The maximum absolute atomic E-state index is 3.43. The fourth-order valence-corrected chi connectivity index (χ4v) is 4.02. The van der Waals surface area contributed by atoms with Crippen molar-refractivity contribution in [3.63, 3.8) is 0 Å². The summed E-state index contributed by atoms with van der Waals surface area (Å²) in [7, 11) is 2.24. The molecule has 1 aliphatic carbocycles. The van der Waals surface area contributed by atoms with Crippen LogP contribution in [-0.4, -0.2) is 28.9 Å². The minimum absolute atomic E-state index is 0.648. The molecule has 0 amide bonds. The second-order valence-electron chi connectivity index (χ2n) is 5.99. The summed E-state index contributed by atoms with van der Waals surface area (Å²) in [6, 6.07) is 7.38. The Morgan fingerprint density at radius 1 is 1.33 bits per heavy atom. The highest BCUT2D eigenvalue weighted by Crippen LogP contribution is 2.42. The Morgan fingerprint density at radius 2 is 2.22 bits per heavy atom. The van der Waals surface area contributed by atoms with Gasteiger partial charge in [0.1, 0.15) is 13.3 Å². The van der Waals surface area contributed by atoms with Crippen molar-refractivity contribution in [2.24, 2.45) is 5.92 Å². The second-order valence-corrected chi connectivity index (χ2v) is 5.99. The highest BCUT2D eigenvalue weighted by atomic mass is 15.0. The maximum Gasteiger partial charge on any atom is 0.163 e. The fraction of sp³-hybridized carbons (Fsp3) is 0.438. The van der Waals surface area contributed by atoms with Crippen molar-refractivity contribution in [3.8, 4) is 0 Å². The number of rotatable bonds is 0. The molecule has 0 bridgehead atoms. The summed E-state index contributed by atoms with van der Waals surface area (Å²) >= 11 is 0. The van der Waals surface area contributed by atoms with Crippen LogP contribution in [0.3, 0.4) is 0 Å². The van der Waals surface area contributed by atoms with Crippen LogP contribution in [0.15, 0.2) is 24.4 Å². The average molecular weight is 239 g/mol. The number of hydrogen-bond donors (Lipinski definition) is 1. The van der Waals surface area contributed by atoms with Gasteiger partial charge in [-0.2, -0.15) is 0 Å². The van der Waals surface area contributed by atoms with Crippen LogP contribution < -0.4 is 0 Å². The van der Waals surface area contributed by atoms with E-state index in [1.54, 1.807) is 5.56 Å². The molecule has 0 saturated carbocycles. The molecule has 92 valence electrons. The Hall–Kier alpha value is -1.57. The van der Waals surface area contributed by atoms with Crippen LogP contribution in [0.25, 0.3) is 10.9 Å². The highest BCUT2D eigenvalue weighted by molar-refractivity contribution is 5.88. The van der Waals surface area contributed by atoms with Gasteiger partial charge in [-0.25, -0.2) is 4.58 Å². The molecule has 1 unspecified atom stereocenters. The topological polar surface area (TPSA) is 18.8 Å². The number of nitrogens with one attached hydrogen (secondary N) is 1. The van der Waals surface area contributed by atoms with E-state index in [0.29, 0.717) is 17.9 Å². The van der Waals surface area contributed by atoms with Crippen molar-refractivity contribution in [2.45, 2.75) is 31.7 Å². The van der Waals surface area contributed by atoms with Crippen LogP contribution in [-0.2, 0) is 6.42 Å². The quantitative estimate of drug-likeness (QED) is 0.682. The van der Waals surface area contributed by atoms with Crippen LogP contribution in [0.2, 0.25) is 0 Å². The van der Waals surface area contributed by atoms with Crippen LogP contribution in [0, 0.1) is 5.92 Å². The zero-order chi connectivity index (χ0) is 12.3. The predicted molar refractivity (Wildman–Crippen MR) is 74.6 cm³/mol. The molecule has 2 aromatic rings. The molecule has 1 aliphatic heterocycles. The molecule has 1 N–H and O–H groups in total. The summed E-state index contributed by atoms with van der Waals surface area (Å²) in [5, 5.41) is 1.50. The van der Waals surface area contributed by atoms with Gasteiger partial charge in [-0.1, -0.05) is 19.1 Å². The lowest BCUT2D eigenvalue weighted by Crippen LogP contribution is -2.40. The number of benzene rings is 1. The Kier molecular flexibility index (Phi) is 2.00. The number of aromatic nitrogens is 1. The normalized spacial score (nSPS) is 30.1. The highest BCUT2D eigenvalue weighted by Gasteiger charge is 2.40. The first kappa shape index (κ1) is 10.4. The molecule has 2 aliphatic rings. The van der Waals surface area contributed by atoms with Gasteiger partial charge in [-0.05, 0) is 23.6 Å². The lowest BCUT2D eigenvalue weighted by Gasteiger charge is -2.33. The summed E-state index contributed by atoms with van der Waals surface area (Å²) in [6.45, 7) is 2.33. The summed E-state index contributed by atoms with van der Waals surface area (Å²) in [5.74, 6) is 1.38. The molecule has 2 heterocycles. The lowest BCUT2D eigenvalue weighted by molar-refractivity contribution is -0.545. The Labute approximate surface area is 107 Å². The molecule has 1 aromatic heterocycles. The largest absolute Gasteiger partial charge is 0.361 e. The number of fused-ring (bicyclic) bond motifs is 2. The third-order valence-corrected chi connectivity index (χ3v) is 4.75. The van der Waals surface area contributed by atoms with Crippen molar-refractivity contribution < 1.29 is 4.58 Å². The summed E-state index contributed by atoms with van der Waals surface area (Å²) in [4.78, 5) is 3.43. The maximum atomic E-state index is 3.43. The molecule has 0 radical (unpaired) electrons. The van der Waals surface area contributed by atoms with E-state index in [-0.39, 0.29) is 0 Å². The van der Waals surface area contributed by atoms with Gasteiger partial charge in [0.15, 0.2) is 6.04 Å². The summed E-state index contributed by atoms with van der Waals surface area (Å²) < 4.78 is 2.45.